The van der Waals surface area contributed by atoms with Crippen molar-refractivity contribution in [2.45, 2.75) is 20.3 Å². The second-order valence-electron chi connectivity index (χ2n) is 4.61. The molecule has 0 bridgehead atoms. The zero-order valence-corrected chi connectivity index (χ0v) is 10.8. The van der Waals surface area contributed by atoms with Gasteiger partial charge in [-0.3, -0.25) is 4.79 Å². The fraction of sp³-hybridized carbons (Fsp3) is 0.462. The molecule has 0 fully saturated rings. The van der Waals surface area contributed by atoms with Crippen molar-refractivity contribution >= 4 is 17.3 Å². The van der Waals surface area contributed by atoms with Gasteiger partial charge in [0.2, 0.25) is 5.91 Å². The lowest BCUT2D eigenvalue weighted by atomic mass is 10.2. The highest BCUT2D eigenvalue weighted by atomic mass is 19.1. The standard InChI is InChI=1S/C13H20FN3O/c1-9(2)8-17-13(18)5-6-16-12-7-10(14)3-4-11(12)15/h3-4,7,9,16H,5-6,8,15H2,1-2H3,(H,17,18). The number of anilines is 2. The van der Waals surface area contributed by atoms with E-state index in [1.165, 1.54) is 18.2 Å². The number of nitrogens with one attached hydrogen (secondary N) is 2. The first-order valence-electron chi connectivity index (χ1n) is 6.04. The molecule has 0 heterocycles. The van der Waals surface area contributed by atoms with E-state index in [0.29, 0.717) is 36.8 Å². The third-order valence-corrected chi connectivity index (χ3v) is 2.39. The fourth-order valence-electron chi connectivity index (χ4n) is 1.40. The third kappa shape index (κ3) is 5.03. The van der Waals surface area contributed by atoms with Crippen LogP contribution >= 0.6 is 0 Å². The normalized spacial score (nSPS) is 10.4. The van der Waals surface area contributed by atoms with E-state index in [1.807, 2.05) is 13.8 Å². The molecule has 4 nitrogen and oxygen atoms in total. The molecule has 0 saturated heterocycles. The Balaban J connectivity index is 2.33. The van der Waals surface area contributed by atoms with Crippen LogP contribution in [0.2, 0.25) is 0 Å². The van der Waals surface area contributed by atoms with Crippen LogP contribution in [0.5, 0.6) is 0 Å². The number of amides is 1. The molecule has 4 N–H and O–H groups in total. The first kappa shape index (κ1) is 14.3. The number of nitrogen functional groups attached to an aromatic ring is 1. The van der Waals surface area contributed by atoms with E-state index in [2.05, 4.69) is 10.6 Å². The van der Waals surface area contributed by atoms with Crippen LogP contribution in [0.15, 0.2) is 18.2 Å². The summed E-state index contributed by atoms with van der Waals surface area (Å²) in [6, 6.07) is 4.12. The highest BCUT2D eigenvalue weighted by Crippen LogP contribution is 2.18. The van der Waals surface area contributed by atoms with E-state index in [0.717, 1.165) is 0 Å². The number of carbonyl (C=O) groups is 1. The van der Waals surface area contributed by atoms with E-state index in [9.17, 15) is 9.18 Å². The highest BCUT2D eigenvalue weighted by Gasteiger charge is 2.04. The number of benzene rings is 1. The van der Waals surface area contributed by atoms with Gasteiger partial charge in [-0.05, 0) is 24.1 Å². The molecule has 0 aliphatic heterocycles. The number of rotatable bonds is 6. The molecule has 1 aromatic rings. The van der Waals surface area contributed by atoms with Gasteiger partial charge in [0.1, 0.15) is 5.82 Å². The van der Waals surface area contributed by atoms with Crippen molar-refractivity contribution < 1.29 is 9.18 Å². The molecule has 1 rings (SSSR count). The fourth-order valence-corrected chi connectivity index (χ4v) is 1.40. The Morgan fingerprint density at radius 3 is 2.83 bits per heavy atom. The summed E-state index contributed by atoms with van der Waals surface area (Å²) in [5.41, 5.74) is 6.67. The summed E-state index contributed by atoms with van der Waals surface area (Å²) in [6.45, 7) is 5.16. The average molecular weight is 253 g/mol. The molecule has 0 radical (unpaired) electrons. The number of hydrogen-bond donors (Lipinski definition) is 3. The van der Waals surface area contributed by atoms with Crippen molar-refractivity contribution in [3.05, 3.63) is 24.0 Å². The van der Waals surface area contributed by atoms with Crippen LogP contribution in [0.4, 0.5) is 15.8 Å². The van der Waals surface area contributed by atoms with Crippen molar-refractivity contribution in [3.63, 3.8) is 0 Å². The van der Waals surface area contributed by atoms with E-state index in [1.54, 1.807) is 0 Å². The first-order chi connectivity index (χ1) is 8.49. The summed E-state index contributed by atoms with van der Waals surface area (Å²) in [7, 11) is 0. The predicted molar refractivity (Wildman–Crippen MR) is 71.8 cm³/mol. The van der Waals surface area contributed by atoms with Gasteiger partial charge in [-0.2, -0.15) is 0 Å². The molecule has 1 amide bonds. The minimum Gasteiger partial charge on any atom is -0.397 e. The van der Waals surface area contributed by atoms with Crippen molar-refractivity contribution in [1.29, 1.82) is 0 Å². The predicted octanol–water partition coefficient (Wildman–Crippen LogP) is 1.98. The van der Waals surface area contributed by atoms with E-state index in [4.69, 9.17) is 5.73 Å². The van der Waals surface area contributed by atoms with Crippen LogP contribution in [-0.2, 0) is 4.79 Å². The van der Waals surface area contributed by atoms with Gasteiger partial charge in [-0.1, -0.05) is 13.8 Å². The van der Waals surface area contributed by atoms with Gasteiger partial charge in [0.25, 0.3) is 0 Å². The molecular formula is C13H20FN3O. The van der Waals surface area contributed by atoms with E-state index >= 15 is 0 Å². The zero-order valence-electron chi connectivity index (χ0n) is 10.8. The molecule has 0 aliphatic rings. The lowest BCUT2D eigenvalue weighted by molar-refractivity contribution is -0.120. The SMILES string of the molecule is CC(C)CNC(=O)CCNc1cc(F)ccc1N. The maximum Gasteiger partial charge on any atom is 0.221 e. The van der Waals surface area contributed by atoms with Gasteiger partial charge >= 0.3 is 0 Å². The highest BCUT2D eigenvalue weighted by molar-refractivity contribution is 5.76. The van der Waals surface area contributed by atoms with Gasteiger partial charge in [-0.25, -0.2) is 4.39 Å². The Kier molecular flexibility index (Phi) is 5.42. The maximum absolute atomic E-state index is 13.0. The first-order valence-corrected chi connectivity index (χ1v) is 6.04. The van der Waals surface area contributed by atoms with Crippen molar-refractivity contribution in [3.8, 4) is 0 Å². The molecule has 0 spiro atoms. The Morgan fingerprint density at radius 1 is 1.44 bits per heavy atom. The Morgan fingerprint density at radius 2 is 2.17 bits per heavy atom. The Hall–Kier alpha value is -1.78. The number of halogens is 1. The van der Waals surface area contributed by atoms with Crippen LogP contribution in [0.25, 0.3) is 0 Å². The molecular weight excluding hydrogens is 233 g/mol. The number of carbonyl (C=O) groups excluding carboxylic acids is 1. The molecule has 0 aromatic heterocycles. The minimum absolute atomic E-state index is 0.0221. The zero-order chi connectivity index (χ0) is 13.5. The minimum atomic E-state index is -0.351. The molecule has 1 aromatic carbocycles. The van der Waals surface area contributed by atoms with Crippen LogP contribution in [0.3, 0.4) is 0 Å². The second kappa shape index (κ2) is 6.83. The molecule has 0 aliphatic carbocycles. The number of nitrogens with two attached hydrogens (primary N) is 1. The van der Waals surface area contributed by atoms with Gasteiger partial charge in [0, 0.05) is 19.5 Å². The largest absolute Gasteiger partial charge is 0.397 e. The lowest BCUT2D eigenvalue weighted by Crippen LogP contribution is -2.28. The maximum atomic E-state index is 13.0. The van der Waals surface area contributed by atoms with Gasteiger partial charge in [0.15, 0.2) is 0 Å². The number of hydrogen-bond acceptors (Lipinski definition) is 3. The molecule has 0 saturated carbocycles. The van der Waals surface area contributed by atoms with Crippen molar-refractivity contribution in [2.75, 3.05) is 24.1 Å². The summed E-state index contributed by atoms with van der Waals surface area (Å²) in [5.74, 6) is 0.0582. The van der Waals surface area contributed by atoms with Crippen LogP contribution in [0.1, 0.15) is 20.3 Å². The van der Waals surface area contributed by atoms with Gasteiger partial charge < -0.3 is 16.4 Å². The third-order valence-electron chi connectivity index (χ3n) is 2.39. The summed E-state index contributed by atoms with van der Waals surface area (Å²) in [6.07, 6.45) is 0.336. The molecule has 18 heavy (non-hydrogen) atoms. The van der Waals surface area contributed by atoms with Crippen LogP contribution < -0.4 is 16.4 Å². The van der Waals surface area contributed by atoms with Crippen molar-refractivity contribution in [1.82, 2.24) is 5.32 Å². The molecule has 0 atom stereocenters. The van der Waals surface area contributed by atoms with Gasteiger partial charge in [0.05, 0.1) is 11.4 Å². The smallest absolute Gasteiger partial charge is 0.221 e. The second-order valence-corrected chi connectivity index (χ2v) is 4.61. The molecule has 5 heteroatoms. The summed E-state index contributed by atoms with van der Waals surface area (Å²) in [4.78, 5) is 11.4. The van der Waals surface area contributed by atoms with Crippen LogP contribution in [-0.4, -0.2) is 19.0 Å². The average Bonchev–Trinajstić information content (AvgIpc) is 2.31. The topological polar surface area (TPSA) is 67.2 Å². The quantitative estimate of drug-likeness (QED) is 0.679. The van der Waals surface area contributed by atoms with Gasteiger partial charge in [-0.15, -0.1) is 0 Å². The van der Waals surface area contributed by atoms with E-state index < -0.39 is 0 Å². The Labute approximate surface area is 107 Å². The van der Waals surface area contributed by atoms with E-state index in [-0.39, 0.29) is 11.7 Å². The Bertz CT molecular complexity index is 407. The molecule has 100 valence electrons. The summed E-state index contributed by atoms with van der Waals surface area (Å²) >= 11 is 0. The van der Waals surface area contributed by atoms with Crippen molar-refractivity contribution in [2.24, 2.45) is 5.92 Å². The summed E-state index contributed by atoms with van der Waals surface area (Å²) in [5, 5.41) is 5.76. The van der Waals surface area contributed by atoms with Crippen LogP contribution in [0, 0.1) is 11.7 Å². The molecule has 0 unspecified atom stereocenters. The lowest BCUT2D eigenvalue weighted by Gasteiger charge is -2.10. The monoisotopic (exact) mass is 253 g/mol. The summed E-state index contributed by atoms with van der Waals surface area (Å²) < 4.78 is 13.0.